The molecule has 1 aromatic carbocycles. The summed E-state index contributed by atoms with van der Waals surface area (Å²) in [6.07, 6.45) is 5.95. The normalized spacial score (nSPS) is 11.1. The summed E-state index contributed by atoms with van der Waals surface area (Å²) < 4.78 is 15.9. The highest BCUT2D eigenvalue weighted by Gasteiger charge is 2.24. The Morgan fingerprint density at radius 2 is 1.81 bits per heavy atom. The first kappa shape index (κ1) is 21.6. The van der Waals surface area contributed by atoms with Crippen molar-refractivity contribution in [1.82, 2.24) is 0 Å². The van der Waals surface area contributed by atoms with Crippen LogP contribution in [0.5, 0.6) is 23.0 Å². The molecule has 0 aliphatic carbocycles. The lowest BCUT2D eigenvalue weighted by atomic mass is 10.1. The minimum absolute atomic E-state index is 0.0186. The minimum Gasteiger partial charge on any atom is -0.504 e. The van der Waals surface area contributed by atoms with E-state index in [1.54, 1.807) is 0 Å². The molecule has 0 fully saturated rings. The van der Waals surface area contributed by atoms with Gasteiger partial charge in [-0.05, 0) is 39.7 Å². The number of methoxy groups -OCH3 is 2. The van der Waals surface area contributed by atoms with Crippen LogP contribution in [0.3, 0.4) is 0 Å². The molecule has 0 spiro atoms. The highest BCUT2D eigenvalue weighted by Crippen LogP contribution is 2.44. The van der Waals surface area contributed by atoms with Gasteiger partial charge in [0.1, 0.15) is 24.5 Å². The van der Waals surface area contributed by atoms with Crippen molar-refractivity contribution in [3.8, 4) is 23.0 Å². The van der Waals surface area contributed by atoms with Crippen molar-refractivity contribution in [1.29, 1.82) is 0 Å². The van der Waals surface area contributed by atoms with Crippen LogP contribution in [0.4, 0.5) is 0 Å². The molecule has 26 heavy (non-hydrogen) atoms. The van der Waals surface area contributed by atoms with Crippen molar-refractivity contribution < 1.29 is 29.2 Å². The van der Waals surface area contributed by atoms with Crippen molar-refractivity contribution in [2.45, 2.75) is 33.6 Å². The fraction of sp³-hybridized carbons (Fsp3) is 0.450. The number of aromatic hydroxyl groups is 1. The van der Waals surface area contributed by atoms with Gasteiger partial charge in [-0.25, -0.2) is 0 Å². The van der Waals surface area contributed by atoms with Gasteiger partial charge in [-0.15, -0.1) is 0 Å². The number of carbonyl (C=O) groups excluding carboxylic acids is 1. The predicted octanol–water partition coefficient (Wildman–Crippen LogP) is 3.66. The maximum absolute atomic E-state index is 12.0. The molecule has 0 aromatic heterocycles. The third-order valence-corrected chi connectivity index (χ3v) is 3.79. The largest absolute Gasteiger partial charge is 0.504 e. The van der Waals surface area contributed by atoms with E-state index in [1.807, 2.05) is 13.0 Å². The first-order chi connectivity index (χ1) is 12.3. The van der Waals surface area contributed by atoms with Crippen molar-refractivity contribution >= 4 is 5.78 Å². The topological polar surface area (TPSA) is 85.2 Å². The van der Waals surface area contributed by atoms with Gasteiger partial charge in [-0.1, -0.05) is 17.2 Å². The second-order valence-electron chi connectivity index (χ2n) is 6.10. The number of rotatable bonds is 10. The van der Waals surface area contributed by atoms with E-state index in [1.165, 1.54) is 25.9 Å². The lowest BCUT2D eigenvalue weighted by Crippen LogP contribution is -2.10. The summed E-state index contributed by atoms with van der Waals surface area (Å²) in [6, 6.07) is 1.47. The van der Waals surface area contributed by atoms with Gasteiger partial charge in [0, 0.05) is 6.07 Å². The molecule has 6 heteroatoms. The minimum atomic E-state index is -0.753. The molecule has 0 aliphatic heterocycles. The lowest BCUT2D eigenvalue weighted by Gasteiger charge is -2.16. The Morgan fingerprint density at radius 1 is 1.12 bits per heavy atom. The van der Waals surface area contributed by atoms with Crippen molar-refractivity contribution in [3.63, 3.8) is 0 Å². The molecule has 1 aromatic rings. The lowest BCUT2D eigenvalue weighted by molar-refractivity contribution is 0.0896. The van der Waals surface area contributed by atoms with Gasteiger partial charge in [-0.3, -0.25) is 4.79 Å². The Hall–Kier alpha value is -2.47. The second kappa shape index (κ2) is 10.5. The van der Waals surface area contributed by atoms with Crippen LogP contribution in [0.15, 0.2) is 29.4 Å². The number of aliphatic hydroxyl groups excluding tert-OH is 1. The number of carbonyl (C=O) groups is 1. The van der Waals surface area contributed by atoms with Crippen molar-refractivity contribution in [2.24, 2.45) is 0 Å². The van der Waals surface area contributed by atoms with E-state index in [2.05, 4.69) is 19.9 Å². The average molecular weight is 364 g/mol. The van der Waals surface area contributed by atoms with Gasteiger partial charge in [-0.2, -0.15) is 0 Å². The van der Waals surface area contributed by atoms with E-state index in [4.69, 9.17) is 14.2 Å². The monoisotopic (exact) mass is 364 g/mol. The van der Waals surface area contributed by atoms with Gasteiger partial charge >= 0.3 is 0 Å². The van der Waals surface area contributed by atoms with E-state index in [0.717, 1.165) is 18.4 Å². The maximum atomic E-state index is 12.0. The summed E-state index contributed by atoms with van der Waals surface area (Å²) in [7, 11) is 2.77. The van der Waals surface area contributed by atoms with Gasteiger partial charge in [0.2, 0.25) is 5.75 Å². The molecular formula is C20H28O6. The van der Waals surface area contributed by atoms with Gasteiger partial charge in [0.15, 0.2) is 17.3 Å². The summed E-state index contributed by atoms with van der Waals surface area (Å²) >= 11 is 0. The zero-order valence-electron chi connectivity index (χ0n) is 16.1. The Morgan fingerprint density at radius 3 is 2.35 bits per heavy atom. The summed E-state index contributed by atoms with van der Waals surface area (Å²) in [5, 5.41) is 19.5. The molecule has 0 saturated carbocycles. The molecule has 0 atom stereocenters. The zero-order valence-corrected chi connectivity index (χ0v) is 16.1. The van der Waals surface area contributed by atoms with E-state index in [0.29, 0.717) is 0 Å². The Balaban J connectivity index is 3.02. The number of hydrogen-bond donors (Lipinski definition) is 2. The summed E-state index contributed by atoms with van der Waals surface area (Å²) in [5.41, 5.74) is 2.31. The Labute approximate surface area is 154 Å². The predicted molar refractivity (Wildman–Crippen MR) is 101 cm³/mol. The molecule has 0 unspecified atom stereocenters. The standard InChI is InChI=1S/C20H28O6/c1-13(2)7-6-8-14(3)9-10-26-16-11-17(24-4)20(25-5)19(23)18(16)15(22)12-21/h7,9,11,21,23H,6,8,10,12H2,1-5H3. The van der Waals surface area contributed by atoms with Crippen LogP contribution in [-0.4, -0.2) is 43.4 Å². The van der Waals surface area contributed by atoms with Gasteiger partial charge < -0.3 is 24.4 Å². The summed E-state index contributed by atoms with van der Waals surface area (Å²) in [4.78, 5) is 12.0. The Kier molecular flexibility index (Phi) is 8.72. The SMILES string of the molecule is COc1cc(OCC=C(C)CCC=C(C)C)c(C(=O)CO)c(O)c1OC. The molecule has 0 saturated heterocycles. The number of phenols is 1. The number of ether oxygens (including phenoxy) is 3. The number of aliphatic hydroxyl groups is 1. The van der Waals surface area contributed by atoms with Crippen molar-refractivity contribution in [2.75, 3.05) is 27.4 Å². The molecular weight excluding hydrogens is 336 g/mol. The smallest absolute Gasteiger partial charge is 0.204 e. The van der Waals surface area contributed by atoms with Gasteiger partial charge in [0.25, 0.3) is 0 Å². The maximum Gasteiger partial charge on any atom is 0.204 e. The van der Waals surface area contributed by atoms with Crippen LogP contribution in [0.2, 0.25) is 0 Å². The molecule has 0 bridgehead atoms. The van der Waals surface area contributed by atoms with Crippen LogP contribution in [0.1, 0.15) is 44.0 Å². The number of ketones is 1. The van der Waals surface area contributed by atoms with Crippen LogP contribution >= 0.6 is 0 Å². The molecule has 0 aliphatic rings. The van der Waals surface area contributed by atoms with Crippen LogP contribution in [-0.2, 0) is 0 Å². The van der Waals surface area contributed by atoms with Crippen LogP contribution in [0.25, 0.3) is 0 Å². The highest BCUT2D eigenvalue weighted by molar-refractivity contribution is 6.03. The highest BCUT2D eigenvalue weighted by atomic mass is 16.5. The number of phenolic OH excluding ortho intramolecular Hbond substituents is 1. The quantitative estimate of drug-likeness (QED) is 0.487. The van der Waals surface area contributed by atoms with Crippen LogP contribution < -0.4 is 14.2 Å². The third kappa shape index (κ3) is 5.81. The molecule has 1 rings (SSSR count). The summed E-state index contributed by atoms with van der Waals surface area (Å²) in [5.74, 6) is -0.690. The van der Waals surface area contributed by atoms with E-state index in [9.17, 15) is 15.0 Å². The van der Waals surface area contributed by atoms with Crippen LogP contribution in [0, 0.1) is 0 Å². The molecule has 0 radical (unpaired) electrons. The van der Waals surface area contributed by atoms with Gasteiger partial charge in [0.05, 0.1) is 14.2 Å². The van der Waals surface area contributed by atoms with Crippen molar-refractivity contribution in [3.05, 3.63) is 34.9 Å². The Bertz CT molecular complexity index is 684. The first-order valence-electron chi connectivity index (χ1n) is 8.39. The number of hydrogen-bond acceptors (Lipinski definition) is 6. The fourth-order valence-corrected chi connectivity index (χ4v) is 2.38. The van der Waals surface area contributed by atoms with E-state index < -0.39 is 18.1 Å². The number of benzene rings is 1. The fourth-order valence-electron chi connectivity index (χ4n) is 2.38. The molecule has 0 heterocycles. The third-order valence-electron chi connectivity index (χ3n) is 3.79. The second-order valence-corrected chi connectivity index (χ2v) is 6.10. The zero-order chi connectivity index (χ0) is 19.7. The number of allylic oxidation sites excluding steroid dienone is 3. The summed E-state index contributed by atoms with van der Waals surface area (Å²) in [6.45, 7) is 5.60. The molecule has 144 valence electrons. The average Bonchev–Trinajstić information content (AvgIpc) is 2.60. The number of Topliss-reactive ketones (excluding diaryl/α,β-unsaturated/α-hetero) is 1. The molecule has 6 nitrogen and oxygen atoms in total. The van der Waals surface area contributed by atoms with E-state index in [-0.39, 0.29) is 29.4 Å². The molecule has 0 amide bonds. The first-order valence-corrected chi connectivity index (χ1v) is 8.39. The van der Waals surface area contributed by atoms with E-state index >= 15 is 0 Å². The molecule has 2 N–H and O–H groups in total.